The lowest BCUT2D eigenvalue weighted by atomic mass is 10.1. The zero-order chi connectivity index (χ0) is 25.8. The van der Waals surface area contributed by atoms with Crippen molar-refractivity contribution in [2.24, 2.45) is 0 Å². The van der Waals surface area contributed by atoms with Crippen LogP contribution in [0.5, 0.6) is 0 Å². The molecule has 8 nitrogen and oxygen atoms in total. The van der Waals surface area contributed by atoms with Crippen LogP contribution in [-0.2, 0) is 19.2 Å². The van der Waals surface area contributed by atoms with Crippen LogP contribution in [0, 0.1) is 0 Å². The second-order valence-corrected chi connectivity index (χ2v) is 9.73. The third-order valence-corrected chi connectivity index (χ3v) is 7.20. The zero-order valence-electron chi connectivity index (χ0n) is 20.3. The number of fused-ring (bicyclic) bond motifs is 1. The molecule has 1 unspecified atom stereocenters. The Balaban J connectivity index is 1.37. The summed E-state index contributed by atoms with van der Waals surface area (Å²) in [6, 6.07) is 6.97. The average molecular weight is 513 g/mol. The van der Waals surface area contributed by atoms with Gasteiger partial charge in [-0.3, -0.25) is 19.3 Å². The van der Waals surface area contributed by atoms with Crippen molar-refractivity contribution in [3.05, 3.63) is 29.8 Å². The molecule has 1 aromatic carbocycles. The number of amides is 1. The molecule has 0 bridgehead atoms. The van der Waals surface area contributed by atoms with Gasteiger partial charge in [-0.1, -0.05) is 12.1 Å². The number of quaternary nitrogens is 1. The summed E-state index contributed by atoms with van der Waals surface area (Å²) < 4.78 is 44.4. The van der Waals surface area contributed by atoms with Gasteiger partial charge in [0.1, 0.15) is 19.6 Å². The first-order chi connectivity index (χ1) is 17.2. The van der Waals surface area contributed by atoms with Crippen LogP contribution in [0.4, 0.5) is 18.9 Å². The SMILES string of the molecule is O=C1CCC(=O)N(CCCC[N+]2(OC(=O)C(F)(F)F)CCN(CC3CCCO3)CC2)c2ccccc21. The van der Waals surface area contributed by atoms with E-state index >= 15 is 0 Å². The number of para-hydroxylation sites is 1. The van der Waals surface area contributed by atoms with Gasteiger partial charge in [0.15, 0.2) is 5.78 Å². The summed E-state index contributed by atoms with van der Waals surface area (Å²) in [6.07, 6.45) is -1.70. The molecule has 3 aliphatic rings. The number of halogens is 3. The number of hydroxylamine groups is 3. The Labute approximate surface area is 208 Å². The van der Waals surface area contributed by atoms with Crippen molar-refractivity contribution < 1.29 is 41.8 Å². The maximum absolute atomic E-state index is 13.0. The molecule has 198 valence electrons. The molecule has 0 spiro atoms. The molecule has 0 aliphatic carbocycles. The molecule has 1 aromatic rings. The highest BCUT2D eigenvalue weighted by molar-refractivity contribution is 6.10. The summed E-state index contributed by atoms with van der Waals surface area (Å²) in [6.45, 7) is 3.54. The van der Waals surface area contributed by atoms with Crippen LogP contribution in [0.3, 0.4) is 0 Å². The number of carbonyl (C=O) groups is 3. The van der Waals surface area contributed by atoms with E-state index in [-0.39, 0.29) is 54.9 Å². The number of alkyl halides is 3. The lowest BCUT2D eigenvalue weighted by Gasteiger charge is -2.41. The van der Waals surface area contributed by atoms with Gasteiger partial charge in [0.05, 0.1) is 24.9 Å². The minimum Gasteiger partial charge on any atom is -0.377 e. The molecule has 0 radical (unpaired) electrons. The molecule has 3 aliphatic heterocycles. The molecular weight excluding hydrogens is 479 g/mol. The van der Waals surface area contributed by atoms with Crippen molar-refractivity contribution in [3.63, 3.8) is 0 Å². The fourth-order valence-corrected chi connectivity index (χ4v) is 5.20. The average Bonchev–Trinajstić information content (AvgIpc) is 3.32. The number of rotatable bonds is 8. The lowest BCUT2D eigenvalue weighted by molar-refractivity contribution is -1.09. The van der Waals surface area contributed by atoms with Crippen LogP contribution in [0.15, 0.2) is 24.3 Å². The van der Waals surface area contributed by atoms with Crippen molar-refractivity contribution in [2.75, 3.05) is 57.3 Å². The van der Waals surface area contributed by atoms with Crippen molar-refractivity contribution in [3.8, 4) is 0 Å². The molecule has 1 amide bonds. The van der Waals surface area contributed by atoms with Gasteiger partial charge >= 0.3 is 12.1 Å². The minimum absolute atomic E-state index is 0.0779. The number of ketones is 1. The maximum atomic E-state index is 13.0. The van der Waals surface area contributed by atoms with E-state index in [9.17, 15) is 27.6 Å². The number of hydrogen-bond acceptors (Lipinski definition) is 6. The number of piperazine rings is 1. The first-order valence-electron chi connectivity index (χ1n) is 12.6. The second-order valence-electron chi connectivity index (χ2n) is 9.73. The number of Topliss-reactive ketones (excluding diaryl/α,β-unsaturated/α-hetero) is 1. The first-order valence-corrected chi connectivity index (χ1v) is 12.6. The largest absolute Gasteiger partial charge is 0.497 e. The number of carbonyl (C=O) groups excluding carboxylic acids is 3. The molecule has 2 fully saturated rings. The molecule has 11 heteroatoms. The smallest absolute Gasteiger partial charge is 0.377 e. The summed E-state index contributed by atoms with van der Waals surface area (Å²) in [5.41, 5.74) is 1.08. The predicted molar refractivity (Wildman–Crippen MR) is 124 cm³/mol. The minimum atomic E-state index is -5.06. The Morgan fingerprint density at radius 1 is 1.11 bits per heavy atom. The van der Waals surface area contributed by atoms with Gasteiger partial charge in [0.2, 0.25) is 5.91 Å². The number of hydrogen-bond donors (Lipinski definition) is 0. The molecule has 0 saturated carbocycles. The molecule has 0 aromatic heterocycles. The molecule has 36 heavy (non-hydrogen) atoms. The van der Waals surface area contributed by atoms with Crippen molar-refractivity contribution in [1.82, 2.24) is 4.90 Å². The van der Waals surface area contributed by atoms with Gasteiger partial charge in [0, 0.05) is 44.5 Å². The van der Waals surface area contributed by atoms with Crippen molar-refractivity contribution >= 4 is 23.3 Å². The number of nitrogens with zero attached hydrogens (tertiary/aromatic N) is 3. The van der Waals surface area contributed by atoms with Crippen LogP contribution < -0.4 is 4.90 Å². The summed E-state index contributed by atoms with van der Waals surface area (Å²) >= 11 is 0. The molecule has 4 rings (SSSR count). The first kappa shape index (κ1) is 26.6. The molecule has 2 saturated heterocycles. The van der Waals surface area contributed by atoms with E-state index in [4.69, 9.17) is 9.57 Å². The summed E-state index contributed by atoms with van der Waals surface area (Å²) in [7, 11) is 0. The van der Waals surface area contributed by atoms with E-state index in [1.165, 1.54) is 0 Å². The van der Waals surface area contributed by atoms with Gasteiger partial charge in [-0.2, -0.15) is 13.2 Å². The standard InChI is InChI=1S/C25H33F3N3O5/c26-25(27,28)24(34)36-31(15-12-29(13-16-31)18-19-6-5-17-35-19)14-4-3-11-30-21-8-2-1-7-20(21)22(32)9-10-23(30)33/h1-2,7-8,19H,3-6,9-18H2/q+1. The van der Waals surface area contributed by atoms with E-state index in [2.05, 4.69) is 4.90 Å². The third kappa shape index (κ3) is 6.43. The normalized spacial score (nSPS) is 22.9. The van der Waals surface area contributed by atoms with Gasteiger partial charge in [-0.15, -0.1) is 4.65 Å². The van der Waals surface area contributed by atoms with Crippen LogP contribution in [-0.4, -0.2) is 91.9 Å². The van der Waals surface area contributed by atoms with Crippen LogP contribution in [0.25, 0.3) is 0 Å². The van der Waals surface area contributed by atoms with Gasteiger partial charge < -0.3 is 9.64 Å². The molecule has 3 heterocycles. The number of anilines is 1. The van der Waals surface area contributed by atoms with Crippen LogP contribution in [0.1, 0.15) is 48.9 Å². The lowest BCUT2D eigenvalue weighted by Crippen LogP contribution is -2.62. The van der Waals surface area contributed by atoms with Crippen molar-refractivity contribution in [1.29, 1.82) is 0 Å². The Hall–Kier alpha value is -2.50. The number of unbranched alkanes of at least 4 members (excludes halogenated alkanes) is 1. The summed E-state index contributed by atoms with van der Waals surface area (Å²) in [5, 5.41) is 0. The van der Waals surface area contributed by atoms with Crippen LogP contribution in [0.2, 0.25) is 0 Å². The third-order valence-electron chi connectivity index (χ3n) is 7.20. The Morgan fingerprint density at radius 3 is 2.56 bits per heavy atom. The molecule has 0 N–H and O–H groups in total. The molecule has 1 atom stereocenters. The van der Waals surface area contributed by atoms with E-state index in [0.717, 1.165) is 26.0 Å². The maximum Gasteiger partial charge on any atom is 0.497 e. The highest BCUT2D eigenvalue weighted by Gasteiger charge is 2.49. The van der Waals surface area contributed by atoms with Crippen molar-refractivity contribution in [2.45, 2.75) is 50.8 Å². The van der Waals surface area contributed by atoms with E-state index in [1.807, 2.05) is 0 Å². The van der Waals surface area contributed by atoms with Crippen LogP contribution >= 0.6 is 0 Å². The second kappa shape index (κ2) is 11.3. The van der Waals surface area contributed by atoms with Gasteiger partial charge in [0.25, 0.3) is 0 Å². The van der Waals surface area contributed by atoms with E-state index < -0.39 is 12.1 Å². The topological polar surface area (TPSA) is 76.2 Å². The zero-order valence-corrected chi connectivity index (χ0v) is 20.3. The van der Waals surface area contributed by atoms with Gasteiger partial charge in [-0.05, 0) is 31.4 Å². The Kier molecular flexibility index (Phi) is 8.31. The highest BCUT2D eigenvalue weighted by Crippen LogP contribution is 2.28. The monoisotopic (exact) mass is 512 g/mol. The van der Waals surface area contributed by atoms with E-state index in [0.29, 0.717) is 43.7 Å². The Bertz CT molecular complexity index is 957. The molecular formula is C25H33F3N3O5+. The highest BCUT2D eigenvalue weighted by atomic mass is 19.4. The number of ether oxygens (including phenoxy) is 1. The summed E-state index contributed by atoms with van der Waals surface area (Å²) in [5.74, 6) is -2.40. The van der Waals surface area contributed by atoms with E-state index in [1.54, 1.807) is 29.2 Å². The predicted octanol–water partition coefficient (Wildman–Crippen LogP) is 3.11. The Morgan fingerprint density at radius 2 is 1.86 bits per heavy atom. The fraction of sp³-hybridized carbons (Fsp3) is 0.640. The fourth-order valence-electron chi connectivity index (χ4n) is 5.20. The summed E-state index contributed by atoms with van der Waals surface area (Å²) in [4.78, 5) is 45.6. The quantitative estimate of drug-likeness (QED) is 0.394. The number of benzene rings is 1. The van der Waals surface area contributed by atoms with Gasteiger partial charge in [-0.25, -0.2) is 4.79 Å².